The number of carbonyl (C=O) groups excluding carboxylic acids is 1. The van der Waals surface area contributed by atoms with E-state index in [1.807, 2.05) is 0 Å². The van der Waals surface area contributed by atoms with Crippen molar-refractivity contribution in [3.63, 3.8) is 0 Å². The molecule has 2 rings (SSSR count). The molecule has 1 aliphatic carbocycles. The summed E-state index contributed by atoms with van der Waals surface area (Å²) in [5.41, 5.74) is -0.305. The molecule has 0 spiro atoms. The van der Waals surface area contributed by atoms with Crippen molar-refractivity contribution in [1.82, 2.24) is 5.32 Å². The Balaban J connectivity index is 1.92. The number of nitrogens with one attached hydrogen (secondary N) is 1. The molecule has 104 valence electrons. The molecule has 1 amide bonds. The second-order valence-electron chi connectivity index (χ2n) is 5.57. The largest absolute Gasteiger partial charge is 0.388 e. The SMILES string of the molecule is CC1CCC(O)(CNC(=O)c2ccccc2Cl)CC1. The first kappa shape index (κ1) is 14.4. The topological polar surface area (TPSA) is 49.3 Å². The van der Waals surface area contributed by atoms with E-state index in [4.69, 9.17) is 11.6 Å². The van der Waals surface area contributed by atoms with Gasteiger partial charge in [-0.3, -0.25) is 4.79 Å². The van der Waals surface area contributed by atoms with E-state index in [0.29, 0.717) is 23.0 Å². The summed E-state index contributed by atoms with van der Waals surface area (Å²) < 4.78 is 0. The first-order valence-electron chi connectivity index (χ1n) is 6.75. The Morgan fingerprint density at radius 3 is 2.68 bits per heavy atom. The molecule has 0 radical (unpaired) electrons. The van der Waals surface area contributed by atoms with E-state index >= 15 is 0 Å². The summed E-state index contributed by atoms with van der Waals surface area (Å²) in [7, 11) is 0. The van der Waals surface area contributed by atoms with Crippen LogP contribution in [0.5, 0.6) is 0 Å². The monoisotopic (exact) mass is 281 g/mol. The van der Waals surface area contributed by atoms with Crippen molar-refractivity contribution in [1.29, 1.82) is 0 Å². The number of hydrogen-bond donors (Lipinski definition) is 2. The molecule has 0 unspecified atom stereocenters. The predicted molar refractivity (Wildman–Crippen MR) is 76.4 cm³/mol. The van der Waals surface area contributed by atoms with Gasteiger partial charge < -0.3 is 10.4 Å². The Hall–Kier alpha value is -1.06. The van der Waals surface area contributed by atoms with E-state index in [-0.39, 0.29) is 5.91 Å². The molecule has 2 N–H and O–H groups in total. The van der Waals surface area contributed by atoms with E-state index in [2.05, 4.69) is 12.2 Å². The lowest BCUT2D eigenvalue weighted by molar-refractivity contribution is -0.00539. The smallest absolute Gasteiger partial charge is 0.252 e. The summed E-state index contributed by atoms with van der Waals surface area (Å²) in [6.45, 7) is 2.49. The van der Waals surface area contributed by atoms with Gasteiger partial charge in [-0.15, -0.1) is 0 Å². The van der Waals surface area contributed by atoms with Gasteiger partial charge in [0, 0.05) is 6.54 Å². The van der Waals surface area contributed by atoms with Gasteiger partial charge in [-0.2, -0.15) is 0 Å². The van der Waals surface area contributed by atoms with Gasteiger partial charge in [0.15, 0.2) is 0 Å². The van der Waals surface area contributed by atoms with Crippen LogP contribution < -0.4 is 5.32 Å². The summed E-state index contributed by atoms with van der Waals surface area (Å²) >= 11 is 5.97. The summed E-state index contributed by atoms with van der Waals surface area (Å²) in [6, 6.07) is 6.94. The van der Waals surface area contributed by atoms with E-state index in [0.717, 1.165) is 25.7 Å². The minimum absolute atomic E-state index is 0.224. The third-order valence-electron chi connectivity index (χ3n) is 3.90. The van der Waals surface area contributed by atoms with Crippen LogP contribution in [-0.4, -0.2) is 23.2 Å². The minimum atomic E-state index is -0.760. The van der Waals surface area contributed by atoms with Crippen molar-refractivity contribution in [2.45, 2.75) is 38.2 Å². The molecule has 1 aromatic carbocycles. The maximum Gasteiger partial charge on any atom is 0.252 e. The van der Waals surface area contributed by atoms with Crippen LogP contribution in [0, 0.1) is 5.92 Å². The standard InChI is InChI=1S/C15H20ClNO2/c1-11-6-8-15(19,9-7-11)10-17-14(18)12-4-2-3-5-13(12)16/h2-5,11,19H,6-10H2,1H3,(H,17,18). The molecule has 1 saturated carbocycles. The molecular weight excluding hydrogens is 262 g/mol. The molecule has 0 aliphatic heterocycles. The second kappa shape index (κ2) is 5.93. The van der Waals surface area contributed by atoms with Crippen molar-refractivity contribution in [3.05, 3.63) is 34.9 Å². The number of hydrogen-bond acceptors (Lipinski definition) is 2. The molecule has 19 heavy (non-hydrogen) atoms. The molecule has 4 heteroatoms. The molecule has 1 aliphatic rings. The Morgan fingerprint density at radius 2 is 2.05 bits per heavy atom. The van der Waals surface area contributed by atoms with E-state index in [1.54, 1.807) is 24.3 Å². The number of carbonyl (C=O) groups is 1. The number of rotatable bonds is 3. The Bertz CT molecular complexity index is 453. The van der Waals surface area contributed by atoms with Crippen LogP contribution in [0.2, 0.25) is 5.02 Å². The van der Waals surface area contributed by atoms with Gasteiger partial charge in [-0.25, -0.2) is 0 Å². The van der Waals surface area contributed by atoms with E-state index in [9.17, 15) is 9.90 Å². The van der Waals surface area contributed by atoms with Crippen LogP contribution in [0.1, 0.15) is 43.0 Å². The molecule has 0 bridgehead atoms. The molecule has 1 aromatic rings. The second-order valence-corrected chi connectivity index (χ2v) is 5.98. The highest BCUT2D eigenvalue weighted by atomic mass is 35.5. The van der Waals surface area contributed by atoms with Crippen LogP contribution >= 0.6 is 11.6 Å². The lowest BCUT2D eigenvalue weighted by atomic mass is 9.79. The lowest BCUT2D eigenvalue weighted by Crippen LogP contribution is -2.45. The normalized spacial score (nSPS) is 27.0. The third kappa shape index (κ3) is 3.71. The van der Waals surface area contributed by atoms with Crippen LogP contribution in [-0.2, 0) is 0 Å². The van der Waals surface area contributed by atoms with Crippen molar-refractivity contribution in [2.24, 2.45) is 5.92 Å². The molecule has 1 fully saturated rings. The average Bonchev–Trinajstić information content (AvgIpc) is 2.41. The average molecular weight is 282 g/mol. The molecule has 0 aromatic heterocycles. The van der Waals surface area contributed by atoms with Crippen LogP contribution in [0.15, 0.2) is 24.3 Å². The number of benzene rings is 1. The van der Waals surface area contributed by atoms with Crippen LogP contribution in [0.3, 0.4) is 0 Å². The quantitative estimate of drug-likeness (QED) is 0.895. The maximum absolute atomic E-state index is 12.0. The first-order valence-corrected chi connectivity index (χ1v) is 7.13. The van der Waals surface area contributed by atoms with Gasteiger partial charge in [0.1, 0.15) is 0 Å². The Labute approximate surface area is 119 Å². The maximum atomic E-state index is 12.0. The van der Waals surface area contributed by atoms with Gasteiger partial charge in [0.25, 0.3) is 5.91 Å². The van der Waals surface area contributed by atoms with Gasteiger partial charge in [-0.1, -0.05) is 30.7 Å². The van der Waals surface area contributed by atoms with E-state index < -0.39 is 5.60 Å². The zero-order valence-electron chi connectivity index (χ0n) is 11.2. The fourth-order valence-corrected chi connectivity index (χ4v) is 2.68. The third-order valence-corrected chi connectivity index (χ3v) is 4.23. The van der Waals surface area contributed by atoms with Gasteiger partial charge >= 0.3 is 0 Å². The highest BCUT2D eigenvalue weighted by Gasteiger charge is 2.32. The Kier molecular flexibility index (Phi) is 4.48. The van der Waals surface area contributed by atoms with Crippen molar-refractivity contribution in [3.8, 4) is 0 Å². The first-order chi connectivity index (χ1) is 9.00. The number of halogens is 1. The Morgan fingerprint density at radius 1 is 1.42 bits per heavy atom. The molecule has 0 atom stereocenters. The highest BCUT2D eigenvalue weighted by molar-refractivity contribution is 6.33. The van der Waals surface area contributed by atoms with Gasteiger partial charge in [-0.05, 0) is 43.7 Å². The summed E-state index contributed by atoms with van der Waals surface area (Å²) in [4.78, 5) is 12.0. The summed E-state index contributed by atoms with van der Waals surface area (Å²) in [6.07, 6.45) is 3.52. The van der Waals surface area contributed by atoms with Crippen molar-refractivity contribution in [2.75, 3.05) is 6.54 Å². The van der Waals surface area contributed by atoms with Crippen LogP contribution in [0.4, 0.5) is 0 Å². The van der Waals surface area contributed by atoms with Gasteiger partial charge in [0.05, 0.1) is 16.2 Å². The zero-order valence-corrected chi connectivity index (χ0v) is 11.9. The summed E-state index contributed by atoms with van der Waals surface area (Å²) in [5.74, 6) is 0.442. The number of amides is 1. The molecule has 3 nitrogen and oxygen atoms in total. The molecule has 0 heterocycles. The van der Waals surface area contributed by atoms with E-state index in [1.165, 1.54) is 0 Å². The number of aliphatic hydroxyl groups is 1. The van der Waals surface area contributed by atoms with Crippen molar-refractivity contribution >= 4 is 17.5 Å². The van der Waals surface area contributed by atoms with Gasteiger partial charge in [0.2, 0.25) is 0 Å². The minimum Gasteiger partial charge on any atom is -0.388 e. The molecular formula is C15H20ClNO2. The van der Waals surface area contributed by atoms with Crippen molar-refractivity contribution < 1.29 is 9.90 Å². The molecule has 0 saturated heterocycles. The zero-order chi connectivity index (χ0) is 13.9. The fourth-order valence-electron chi connectivity index (χ4n) is 2.46. The lowest BCUT2D eigenvalue weighted by Gasteiger charge is -2.34. The highest BCUT2D eigenvalue weighted by Crippen LogP contribution is 2.31. The predicted octanol–water partition coefficient (Wildman–Crippen LogP) is 3.01. The fraction of sp³-hybridized carbons (Fsp3) is 0.533. The van der Waals surface area contributed by atoms with Crippen LogP contribution in [0.25, 0.3) is 0 Å². The summed E-state index contributed by atoms with van der Waals surface area (Å²) in [5, 5.41) is 13.6.